The van der Waals surface area contributed by atoms with Crippen LogP contribution in [0, 0.1) is 12.8 Å². The van der Waals surface area contributed by atoms with E-state index in [1.54, 1.807) is 0 Å². The Morgan fingerprint density at radius 3 is 2.60 bits per heavy atom. The zero-order valence-electron chi connectivity index (χ0n) is 9.79. The molecule has 1 aromatic rings. The van der Waals surface area contributed by atoms with E-state index in [0.717, 1.165) is 30.7 Å². The number of hydrogen-bond acceptors (Lipinski definition) is 3. The lowest BCUT2D eigenvalue weighted by Crippen LogP contribution is -2.26. The third kappa shape index (κ3) is 2.40. The smallest absolute Gasteiger partial charge is 0.133 e. The molecule has 1 atom stereocenters. The van der Waals surface area contributed by atoms with Crippen LogP contribution in [0.2, 0.25) is 0 Å². The molecule has 0 spiro atoms. The van der Waals surface area contributed by atoms with Crippen molar-refractivity contribution in [2.75, 3.05) is 0 Å². The fraction of sp³-hybridized carbons (Fsp3) is 0.750. The molecular formula is C12H20N2O. The summed E-state index contributed by atoms with van der Waals surface area (Å²) in [6, 6.07) is 2.04. The van der Waals surface area contributed by atoms with Gasteiger partial charge in [-0.15, -0.1) is 0 Å². The number of aromatic nitrogens is 1. The third-order valence-electron chi connectivity index (χ3n) is 3.35. The minimum Gasteiger partial charge on any atom is -0.361 e. The number of nitrogens with zero attached hydrogens (tertiary/aromatic N) is 1. The third-order valence-corrected chi connectivity index (χ3v) is 3.35. The molecule has 0 bridgehead atoms. The van der Waals surface area contributed by atoms with Crippen molar-refractivity contribution in [2.45, 2.75) is 51.5 Å². The van der Waals surface area contributed by atoms with Crippen molar-refractivity contribution in [1.29, 1.82) is 0 Å². The Labute approximate surface area is 91.0 Å². The lowest BCUT2D eigenvalue weighted by Gasteiger charge is -2.21. The van der Waals surface area contributed by atoms with Crippen molar-refractivity contribution in [3.05, 3.63) is 17.5 Å². The monoisotopic (exact) mass is 208 g/mol. The van der Waals surface area contributed by atoms with Crippen LogP contribution in [-0.2, 0) is 0 Å². The first kappa shape index (κ1) is 10.7. The Balaban J connectivity index is 2.12. The average molecular weight is 208 g/mol. The van der Waals surface area contributed by atoms with E-state index >= 15 is 0 Å². The lowest BCUT2D eigenvalue weighted by atomic mass is 9.86. The summed E-state index contributed by atoms with van der Waals surface area (Å²) in [5.41, 5.74) is 7.32. The van der Waals surface area contributed by atoms with Crippen LogP contribution in [0.5, 0.6) is 0 Å². The predicted octanol–water partition coefficient (Wildman–Crippen LogP) is 2.60. The molecule has 0 amide bonds. The van der Waals surface area contributed by atoms with Crippen molar-refractivity contribution >= 4 is 0 Å². The molecule has 1 unspecified atom stereocenters. The first-order valence-electron chi connectivity index (χ1n) is 5.72. The Morgan fingerprint density at radius 2 is 2.20 bits per heavy atom. The highest BCUT2D eigenvalue weighted by Crippen LogP contribution is 2.43. The van der Waals surface area contributed by atoms with Gasteiger partial charge >= 0.3 is 0 Å². The molecule has 84 valence electrons. The molecule has 1 aliphatic rings. The van der Waals surface area contributed by atoms with E-state index in [-0.39, 0.29) is 5.54 Å². The standard InChI is InChI=1S/C12H20N2O/c1-8(2)10(7-12(13)4-5-12)11-6-9(3)15-14-11/h6,8,10H,4-5,7,13H2,1-3H3. The molecule has 0 radical (unpaired) electrons. The highest BCUT2D eigenvalue weighted by Gasteiger charge is 2.41. The summed E-state index contributed by atoms with van der Waals surface area (Å²) in [7, 11) is 0. The molecule has 0 aromatic carbocycles. The molecule has 2 rings (SSSR count). The minimum absolute atomic E-state index is 0.0851. The van der Waals surface area contributed by atoms with Gasteiger partial charge in [-0.05, 0) is 32.1 Å². The van der Waals surface area contributed by atoms with Gasteiger partial charge in [-0.1, -0.05) is 19.0 Å². The first-order chi connectivity index (χ1) is 7.00. The van der Waals surface area contributed by atoms with E-state index in [0.29, 0.717) is 11.8 Å². The molecule has 1 saturated carbocycles. The maximum absolute atomic E-state index is 6.17. The summed E-state index contributed by atoms with van der Waals surface area (Å²) < 4.78 is 5.14. The molecule has 3 heteroatoms. The van der Waals surface area contributed by atoms with Crippen molar-refractivity contribution in [2.24, 2.45) is 11.7 Å². The van der Waals surface area contributed by atoms with Gasteiger partial charge in [0.1, 0.15) is 5.76 Å². The quantitative estimate of drug-likeness (QED) is 0.827. The number of aryl methyl sites for hydroxylation is 1. The Morgan fingerprint density at radius 1 is 1.53 bits per heavy atom. The number of rotatable bonds is 4. The molecule has 1 fully saturated rings. The predicted molar refractivity (Wildman–Crippen MR) is 59.6 cm³/mol. The van der Waals surface area contributed by atoms with Gasteiger partial charge in [-0.25, -0.2) is 0 Å². The summed E-state index contributed by atoms with van der Waals surface area (Å²) in [6.07, 6.45) is 3.36. The summed E-state index contributed by atoms with van der Waals surface area (Å²) in [5.74, 6) is 1.89. The van der Waals surface area contributed by atoms with Gasteiger partial charge < -0.3 is 10.3 Å². The van der Waals surface area contributed by atoms with Gasteiger partial charge in [-0.3, -0.25) is 0 Å². The summed E-state index contributed by atoms with van der Waals surface area (Å²) in [6.45, 7) is 6.38. The lowest BCUT2D eigenvalue weighted by molar-refractivity contribution is 0.356. The van der Waals surface area contributed by atoms with Crippen LogP contribution in [0.3, 0.4) is 0 Å². The highest BCUT2D eigenvalue weighted by molar-refractivity contribution is 5.14. The second kappa shape index (κ2) is 3.63. The Hall–Kier alpha value is -0.830. The van der Waals surface area contributed by atoms with E-state index in [4.69, 9.17) is 10.3 Å². The number of hydrogen-bond donors (Lipinski definition) is 1. The van der Waals surface area contributed by atoms with E-state index in [2.05, 4.69) is 19.0 Å². The maximum atomic E-state index is 6.17. The molecule has 0 saturated heterocycles. The van der Waals surface area contributed by atoms with Crippen molar-refractivity contribution in [3.8, 4) is 0 Å². The molecule has 1 aromatic heterocycles. The van der Waals surface area contributed by atoms with Crippen molar-refractivity contribution < 1.29 is 4.52 Å². The van der Waals surface area contributed by atoms with Crippen molar-refractivity contribution in [1.82, 2.24) is 5.16 Å². The Kier molecular flexibility index (Phi) is 2.59. The van der Waals surface area contributed by atoms with E-state index < -0.39 is 0 Å². The van der Waals surface area contributed by atoms with Crippen LogP contribution in [0.4, 0.5) is 0 Å². The fourth-order valence-electron chi connectivity index (χ4n) is 2.04. The first-order valence-corrected chi connectivity index (χ1v) is 5.72. The van der Waals surface area contributed by atoms with Gasteiger partial charge in [0.25, 0.3) is 0 Å². The molecule has 3 nitrogen and oxygen atoms in total. The summed E-state index contributed by atoms with van der Waals surface area (Å²) >= 11 is 0. The second-order valence-electron chi connectivity index (χ2n) is 5.28. The van der Waals surface area contributed by atoms with E-state index in [9.17, 15) is 0 Å². The Bertz CT molecular complexity index is 339. The van der Waals surface area contributed by atoms with Crippen molar-refractivity contribution in [3.63, 3.8) is 0 Å². The van der Waals surface area contributed by atoms with Crippen LogP contribution < -0.4 is 5.73 Å². The molecular weight excluding hydrogens is 188 g/mol. The largest absolute Gasteiger partial charge is 0.361 e. The van der Waals surface area contributed by atoms with E-state index in [1.807, 2.05) is 13.0 Å². The van der Waals surface area contributed by atoms with Gasteiger partial charge in [-0.2, -0.15) is 0 Å². The van der Waals surface area contributed by atoms with Gasteiger partial charge in [0.2, 0.25) is 0 Å². The van der Waals surface area contributed by atoms with Crippen LogP contribution in [0.1, 0.15) is 50.5 Å². The van der Waals surface area contributed by atoms with Crippen LogP contribution in [0.15, 0.2) is 10.6 Å². The normalized spacial score (nSPS) is 20.6. The molecule has 1 heterocycles. The van der Waals surface area contributed by atoms with E-state index in [1.165, 1.54) is 0 Å². The van der Waals surface area contributed by atoms with Crippen LogP contribution in [0.25, 0.3) is 0 Å². The molecule has 2 N–H and O–H groups in total. The summed E-state index contributed by atoms with van der Waals surface area (Å²) in [5, 5.41) is 4.12. The fourth-order valence-corrected chi connectivity index (χ4v) is 2.04. The molecule has 15 heavy (non-hydrogen) atoms. The molecule has 1 aliphatic carbocycles. The SMILES string of the molecule is Cc1cc(C(CC2(N)CC2)C(C)C)no1. The average Bonchev–Trinajstić information content (AvgIpc) is 2.72. The minimum atomic E-state index is 0.0851. The second-order valence-corrected chi connectivity index (χ2v) is 5.28. The van der Waals surface area contributed by atoms with Gasteiger partial charge in [0.15, 0.2) is 0 Å². The summed E-state index contributed by atoms with van der Waals surface area (Å²) in [4.78, 5) is 0. The highest BCUT2D eigenvalue weighted by atomic mass is 16.5. The zero-order valence-corrected chi connectivity index (χ0v) is 9.79. The van der Waals surface area contributed by atoms with Gasteiger partial charge in [0, 0.05) is 17.5 Å². The number of nitrogens with two attached hydrogens (primary N) is 1. The van der Waals surface area contributed by atoms with Crippen LogP contribution >= 0.6 is 0 Å². The topological polar surface area (TPSA) is 52.0 Å². The van der Waals surface area contributed by atoms with Crippen LogP contribution in [-0.4, -0.2) is 10.7 Å². The maximum Gasteiger partial charge on any atom is 0.133 e. The molecule has 0 aliphatic heterocycles. The zero-order chi connectivity index (χ0) is 11.1. The van der Waals surface area contributed by atoms with Gasteiger partial charge in [0.05, 0.1) is 5.69 Å².